The van der Waals surface area contributed by atoms with Crippen LogP contribution in [0.4, 0.5) is 13.2 Å². The molecule has 0 amide bonds. The molecule has 14 heavy (non-hydrogen) atoms. The van der Waals surface area contributed by atoms with E-state index in [4.69, 9.17) is 0 Å². The summed E-state index contributed by atoms with van der Waals surface area (Å²) in [7, 11) is 0. The third-order valence-electron chi connectivity index (χ3n) is 2.80. The van der Waals surface area contributed by atoms with Crippen molar-refractivity contribution < 1.29 is 18.3 Å². The molecule has 0 aromatic carbocycles. The lowest BCUT2D eigenvalue weighted by Gasteiger charge is -2.39. The highest BCUT2D eigenvalue weighted by atomic mass is 32.1. The largest absolute Gasteiger partial charge is 0.389 e. The summed E-state index contributed by atoms with van der Waals surface area (Å²) >= 11 is 3.93. The van der Waals surface area contributed by atoms with E-state index >= 15 is 0 Å². The van der Waals surface area contributed by atoms with E-state index in [0.717, 1.165) is 0 Å². The fourth-order valence-corrected chi connectivity index (χ4v) is 1.37. The average molecular weight is 230 g/mol. The molecular formula is C9H17F3OS. The van der Waals surface area contributed by atoms with Gasteiger partial charge in [0, 0.05) is 12.2 Å². The Morgan fingerprint density at radius 2 is 1.50 bits per heavy atom. The zero-order valence-electron chi connectivity index (χ0n) is 8.65. The van der Waals surface area contributed by atoms with Gasteiger partial charge in [0.15, 0.2) is 0 Å². The molecule has 0 rings (SSSR count). The Hall–Kier alpha value is 0.100. The summed E-state index contributed by atoms with van der Waals surface area (Å²) in [6.07, 6.45) is -5.13. The van der Waals surface area contributed by atoms with Crippen LogP contribution in [-0.2, 0) is 0 Å². The molecule has 0 saturated carbocycles. The van der Waals surface area contributed by atoms with Gasteiger partial charge >= 0.3 is 6.18 Å². The molecule has 0 aliphatic carbocycles. The predicted octanol–water partition coefficient (Wildman–Crippen LogP) is 3.04. The Morgan fingerprint density at radius 1 is 1.07 bits per heavy atom. The van der Waals surface area contributed by atoms with Crippen molar-refractivity contribution in [3.05, 3.63) is 0 Å². The van der Waals surface area contributed by atoms with Gasteiger partial charge in [-0.25, -0.2) is 0 Å². The highest BCUT2D eigenvalue weighted by Gasteiger charge is 2.41. The van der Waals surface area contributed by atoms with Crippen LogP contribution in [0.2, 0.25) is 0 Å². The van der Waals surface area contributed by atoms with E-state index in [1.165, 1.54) is 6.92 Å². The zero-order valence-corrected chi connectivity index (χ0v) is 9.54. The molecule has 86 valence electrons. The molecule has 0 aromatic rings. The lowest BCUT2D eigenvalue weighted by Crippen LogP contribution is -2.44. The lowest BCUT2D eigenvalue weighted by molar-refractivity contribution is -0.148. The Kier molecular flexibility index (Phi) is 4.34. The van der Waals surface area contributed by atoms with Crippen LogP contribution < -0.4 is 0 Å². The van der Waals surface area contributed by atoms with Gasteiger partial charge in [0.25, 0.3) is 0 Å². The average Bonchev–Trinajstić information content (AvgIpc) is 1.99. The predicted molar refractivity (Wildman–Crippen MR) is 53.5 cm³/mol. The standard InChI is InChI=1S/C9H17F3OS/c1-7(2,8(3,13)6-14)4-5-9(10,11)12/h13-14H,4-6H2,1-3H3. The number of rotatable bonds is 4. The van der Waals surface area contributed by atoms with Crippen molar-refractivity contribution in [1.29, 1.82) is 0 Å². The fourth-order valence-electron chi connectivity index (χ4n) is 0.938. The molecule has 0 saturated heterocycles. The van der Waals surface area contributed by atoms with E-state index in [2.05, 4.69) is 12.6 Å². The van der Waals surface area contributed by atoms with Crippen LogP contribution in [0.5, 0.6) is 0 Å². The number of hydrogen-bond donors (Lipinski definition) is 2. The molecule has 5 heteroatoms. The number of halogens is 3. The molecule has 0 aliphatic heterocycles. The van der Waals surface area contributed by atoms with Crippen molar-refractivity contribution in [2.45, 2.75) is 45.4 Å². The topological polar surface area (TPSA) is 20.2 Å². The maximum absolute atomic E-state index is 12.0. The maximum atomic E-state index is 12.0. The molecule has 0 bridgehead atoms. The summed E-state index contributed by atoms with van der Waals surface area (Å²) in [5, 5.41) is 9.80. The second-order valence-electron chi connectivity index (χ2n) is 4.43. The van der Waals surface area contributed by atoms with Crippen molar-refractivity contribution in [3.63, 3.8) is 0 Å². The van der Waals surface area contributed by atoms with Gasteiger partial charge in [-0.1, -0.05) is 13.8 Å². The van der Waals surface area contributed by atoms with Crippen LogP contribution in [0, 0.1) is 5.41 Å². The summed E-state index contributed by atoms with van der Waals surface area (Å²) in [6, 6.07) is 0. The van der Waals surface area contributed by atoms with Crippen LogP contribution in [-0.4, -0.2) is 22.6 Å². The minimum absolute atomic E-state index is 0.0932. The van der Waals surface area contributed by atoms with Crippen molar-refractivity contribution in [3.8, 4) is 0 Å². The van der Waals surface area contributed by atoms with Crippen molar-refractivity contribution in [2.24, 2.45) is 5.41 Å². The summed E-state index contributed by atoms with van der Waals surface area (Å²) in [6.45, 7) is 4.75. The fraction of sp³-hybridized carbons (Fsp3) is 1.00. The van der Waals surface area contributed by atoms with E-state index in [-0.39, 0.29) is 12.2 Å². The van der Waals surface area contributed by atoms with Crippen molar-refractivity contribution in [2.75, 3.05) is 5.75 Å². The van der Waals surface area contributed by atoms with Gasteiger partial charge in [0.2, 0.25) is 0 Å². The number of hydrogen-bond acceptors (Lipinski definition) is 2. The number of alkyl halides is 3. The molecular weight excluding hydrogens is 213 g/mol. The first-order chi connectivity index (χ1) is 6.02. The molecule has 0 fully saturated rings. The molecule has 1 atom stereocenters. The van der Waals surface area contributed by atoms with E-state index < -0.39 is 23.6 Å². The van der Waals surface area contributed by atoms with Gasteiger partial charge in [0.05, 0.1) is 5.60 Å². The summed E-state index contributed by atoms with van der Waals surface area (Å²) in [5.74, 6) is 0.151. The maximum Gasteiger partial charge on any atom is 0.389 e. The number of thiol groups is 1. The van der Waals surface area contributed by atoms with Crippen LogP contribution >= 0.6 is 12.6 Å². The third-order valence-corrected chi connectivity index (χ3v) is 3.42. The second kappa shape index (κ2) is 4.31. The Bertz CT molecular complexity index is 187. The van der Waals surface area contributed by atoms with Crippen LogP contribution in [0.15, 0.2) is 0 Å². The van der Waals surface area contributed by atoms with E-state index in [1.807, 2.05) is 0 Å². The Balaban J connectivity index is 4.35. The molecule has 1 nitrogen and oxygen atoms in total. The molecule has 0 aliphatic rings. The van der Waals surface area contributed by atoms with E-state index in [1.54, 1.807) is 13.8 Å². The molecule has 0 spiro atoms. The van der Waals surface area contributed by atoms with Crippen LogP contribution in [0.1, 0.15) is 33.6 Å². The normalized spacial score (nSPS) is 18.0. The van der Waals surface area contributed by atoms with Gasteiger partial charge in [-0.05, 0) is 18.8 Å². The highest BCUT2D eigenvalue weighted by Crippen LogP contribution is 2.39. The Morgan fingerprint density at radius 3 is 1.79 bits per heavy atom. The Labute approximate surface area is 88.1 Å². The van der Waals surface area contributed by atoms with Gasteiger partial charge in [-0.2, -0.15) is 25.8 Å². The molecule has 1 unspecified atom stereocenters. The minimum Gasteiger partial charge on any atom is -0.389 e. The molecule has 0 aromatic heterocycles. The molecule has 1 N–H and O–H groups in total. The first kappa shape index (κ1) is 14.1. The van der Waals surface area contributed by atoms with Crippen LogP contribution in [0.3, 0.4) is 0 Å². The summed E-state index contributed by atoms with van der Waals surface area (Å²) in [5.41, 5.74) is -1.97. The van der Waals surface area contributed by atoms with Gasteiger partial charge in [-0.3, -0.25) is 0 Å². The van der Waals surface area contributed by atoms with Gasteiger partial charge in [0.1, 0.15) is 0 Å². The zero-order chi connectivity index (χ0) is 11.6. The molecule has 0 radical (unpaired) electrons. The quantitative estimate of drug-likeness (QED) is 0.711. The molecule has 0 heterocycles. The van der Waals surface area contributed by atoms with Crippen LogP contribution in [0.25, 0.3) is 0 Å². The highest BCUT2D eigenvalue weighted by molar-refractivity contribution is 7.80. The van der Waals surface area contributed by atoms with Gasteiger partial charge in [-0.15, -0.1) is 0 Å². The van der Waals surface area contributed by atoms with E-state index in [9.17, 15) is 18.3 Å². The summed E-state index contributed by atoms with van der Waals surface area (Å²) in [4.78, 5) is 0. The first-order valence-corrected chi connectivity index (χ1v) is 5.05. The third kappa shape index (κ3) is 4.09. The monoisotopic (exact) mass is 230 g/mol. The minimum atomic E-state index is -4.16. The van der Waals surface area contributed by atoms with E-state index in [0.29, 0.717) is 0 Å². The number of aliphatic hydroxyl groups is 1. The lowest BCUT2D eigenvalue weighted by atomic mass is 9.74. The second-order valence-corrected chi connectivity index (χ2v) is 4.75. The first-order valence-electron chi connectivity index (χ1n) is 4.42. The summed E-state index contributed by atoms with van der Waals surface area (Å²) < 4.78 is 35.9. The van der Waals surface area contributed by atoms with Gasteiger partial charge < -0.3 is 5.11 Å². The smallest absolute Gasteiger partial charge is 0.389 e. The SMILES string of the molecule is CC(C)(CCC(F)(F)F)C(C)(O)CS. The van der Waals surface area contributed by atoms with Crippen molar-refractivity contribution in [1.82, 2.24) is 0 Å². The van der Waals surface area contributed by atoms with Crippen molar-refractivity contribution >= 4 is 12.6 Å².